The summed E-state index contributed by atoms with van der Waals surface area (Å²) in [5.41, 5.74) is 2.83. The lowest BCUT2D eigenvalue weighted by atomic mass is 10.1. The van der Waals surface area contributed by atoms with Gasteiger partial charge in [-0.1, -0.05) is 25.1 Å². The molecule has 166 valence electrons. The van der Waals surface area contributed by atoms with Gasteiger partial charge in [0.2, 0.25) is 6.79 Å². The Morgan fingerprint density at radius 3 is 2.71 bits per heavy atom. The first kappa shape index (κ1) is 22.5. The minimum absolute atomic E-state index is 0.0473. The summed E-state index contributed by atoms with van der Waals surface area (Å²) in [7, 11) is 0. The Kier molecular flexibility index (Phi) is 8.15. The summed E-state index contributed by atoms with van der Waals surface area (Å²) in [6, 6.07) is 13.8. The molecule has 0 aromatic heterocycles. The summed E-state index contributed by atoms with van der Waals surface area (Å²) >= 11 is 0. The van der Waals surface area contributed by atoms with Crippen LogP contribution in [0.4, 0.5) is 0 Å². The van der Waals surface area contributed by atoms with E-state index in [-0.39, 0.29) is 18.7 Å². The quantitative estimate of drug-likeness (QED) is 0.425. The molecule has 0 bridgehead atoms. The fourth-order valence-electron chi connectivity index (χ4n) is 3.15. The molecule has 1 amide bonds. The van der Waals surface area contributed by atoms with E-state index in [9.17, 15) is 4.79 Å². The van der Waals surface area contributed by atoms with Crippen molar-refractivity contribution in [1.29, 1.82) is 0 Å². The van der Waals surface area contributed by atoms with Crippen LogP contribution in [0.15, 0.2) is 47.5 Å². The Labute approximate surface area is 184 Å². The maximum Gasteiger partial charge on any atom is 0.251 e. The second kappa shape index (κ2) is 11.2. The molecule has 1 atom stereocenters. The van der Waals surface area contributed by atoms with Crippen LogP contribution in [0.2, 0.25) is 0 Å². The number of nitrogens with one attached hydrogen (secondary N) is 3. The zero-order valence-electron chi connectivity index (χ0n) is 18.5. The van der Waals surface area contributed by atoms with Crippen molar-refractivity contribution >= 4 is 11.9 Å². The molecule has 0 saturated carbocycles. The summed E-state index contributed by atoms with van der Waals surface area (Å²) < 4.78 is 10.8. The Balaban J connectivity index is 1.55. The molecule has 1 unspecified atom stereocenters. The number of amides is 1. The summed E-state index contributed by atoms with van der Waals surface area (Å²) in [5.74, 6) is 2.30. The van der Waals surface area contributed by atoms with Crippen LogP contribution in [0, 0.1) is 0 Å². The number of carbonyl (C=O) groups excluding carboxylic acids is 1. The molecule has 1 aliphatic heterocycles. The highest BCUT2D eigenvalue weighted by Gasteiger charge is 2.13. The van der Waals surface area contributed by atoms with Gasteiger partial charge in [-0.2, -0.15) is 0 Å². The van der Waals surface area contributed by atoms with E-state index in [2.05, 4.69) is 33.9 Å². The van der Waals surface area contributed by atoms with E-state index < -0.39 is 0 Å². The Morgan fingerprint density at radius 1 is 1.06 bits per heavy atom. The maximum absolute atomic E-state index is 12.4. The van der Waals surface area contributed by atoms with Gasteiger partial charge in [-0.05, 0) is 62.1 Å². The summed E-state index contributed by atoms with van der Waals surface area (Å²) in [6.45, 7) is 8.38. The highest BCUT2D eigenvalue weighted by atomic mass is 16.7. The number of fused-ring (bicyclic) bond motifs is 1. The minimum Gasteiger partial charge on any atom is -0.454 e. The zero-order valence-corrected chi connectivity index (χ0v) is 18.5. The van der Waals surface area contributed by atoms with E-state index in [1.807, 2.05) is 50.2 Å². The van der Waals surface area contributed by atoms with Gasteiger partial charge in [0.15, 0.2) is 17.5 Å². The summed E-state index contributed by atoms with van der Waals surface area (Å²) in [6.07, 6.45) is 1.74. The number of carbonyl (C=O) groups is 1. The van der Waals surface area contributed by atoms with Gasteiger partial charge in [-0.15, -0.1) is 0 Å². The second-order valence-corrected chi connectivity index (χ2v) is 7.54. The molecular weight excluding hydrogens is 392 g/mol. The molecular formula is C24H32N4O3. The van der Waals surface area contributed by atoms with Crippen LogP contribution in [0.1, 0.15) is 48.7 Å². The molecule has 2 aromatic carbocycles. The van der Waals surface area contributed by atoms with Gasteiger partial charge < -0.3 is 25.4 Å². The zero-order chi connectivity index (χ0) is 22.1. The molecule has 0 spiro atoms. The van der Waals surface area contributed by atoms with Crippen LogP contribution >= 0.6 is 0 Å². The largest absolute Gasteiger partial charge is 0.454 e. The third kappa shape index (κ3) is 6.64. The van der Waals surface area contributed by atoms with Crippen LogP contribution in [-0.4, -0.2) is 37.8 Å². The third-order valence-corrected chi connectivity index (χ3v) is 5.09. The molecule has 1 aliphatic rings. The molecule has 7 heteroatoms. The van der Waals surface area contributed by atoms with E-state index in [0.29, 0.717) is 12.1 Å². The molecule has 0 aliphatic carbocycles. The number of aliphatic imine (C=N–C) groups is 1. The fourth-order valence-corrected chi connectivity index (χ4v) is 3.15. The predicted octanol–water partition coefficient (Wildman–Crippen LogP) is 3.24. The van der Waals surface area contributed by atoms with E-state index in [0.717, 1.165) is 49.0 Å². The highest BCUT2D eigenvalue weighted by molar-refractivity contribution is 5.94. The lowest BCUT2D eigenvalue weighted by molar-refractivity contribution is 0.0939. The average molecular weight is 425 g/mol. The third-order valence-electron chi connectivity index (χ3n) is 5.09. The summed E-state index contributed by atoms with van der Waals surface area (Å²) in [5, 5.41) is 9.63. The number of guanidine groups is 1. The number of hydrogen-bond donors (Lipinski definition) is 3. The molecule has 0 saturated heterocycles. The molecule has 31 heavy (non-hydrogen) atoms. The van der Waals surface area contributed by atoms with Crippen molar-refractivity contribution in [2.45, 2.75) is 46.2 Å². The van der Waals surface area contributed by atoms with Gasteiger partial charge in [0.1, 0.15) is 0 Å². The topological polar surface area (TPSA) is 84.0 Å². The average Bonchev–Trinajstić information content (AvgIpc) is 3.25. The van der Waals surface area contributed by atoms with Gasteiger partial charge in [-0.25, -0.2) is 4.99 Å². The van der Waals surface area contributed by atoms with Gasteiger partial charge >= 0.3 is 0 Å². The van der Waals surface area contributed by atoms with Crippen molar-refractivity contribution in [2.24, 2.45) is 4.99 Å². The van der Waals surface area contributed by atoms with Crippen LogP contribution in [0.25, 0.3) is 0 Å². The summed E-state index contributed by atoms with van der Waals surface area (Å²) in [4.78, 5) is 17.0. The van der Waals surface area contributed by atoms with E-state index in [4.69, 9.17) is 9.47 Å². The number of ether oxygens (including phenoxy) is 2. The van der Waals surface area contributed by atoms with Gasteiger partial charge in [0.25, 0.3) is 5.91 Å². The lowest BCUT2D eigenvalue weighted by Crippen LogP contribution is -2.38. The standard InChI is InChI=1S/C24H32N4O3/c1-4-17(3)28-23(29)20-8-6-7-19(13-20)15-27-24(25-5-2)26-12-11-18-9-10-21-22(14-18)31-16-30-21/h6-10,13-14,17H,4-5,11-12,15-16H2,1-3H3,(H,28,29)(H2,25,26,27). The first-order chi connectivity index (χ1) is 15.1. The van der Waals surface area contributed by atoms with Crippen molar-refractivity contribution in [3.63, 3.8) is 0 Å². The number of hydrogen-bond acceptors (Lipinski definition) is 4. The Morgan fingerprint density at radius 2 is 1.90 bits per heavy atom. The smallest absolute Gasteiger partial charge is 0.251 e. The van der Waals surface area contributed by atoms with Crippen LogP contribution in [0.3, 0.4) is 0 Å². The van der Waals surface area contributed by atoms with Crippen molar-refractivity contribution in [1.82, 2.24) is 16.0 Å². The minimum atomic E-state index is -0.0473. The monoisotopic (exact) mass is 424 g/mol. The predicted molar refractivity (Wildman–Crippen MR) is 123 cm³/mol. The molecule has 1 heterocycles. The molecule has 3 N–H and O–H groups in total. The molecule has 2 aromatic rings. The number of nitrogens with zero attached hydrogens (tertiary/aromatic N) is 1. The highest BCUT2D eigenvalue weighted by Crippen LogP contribution is 2.32. The van der Waals surface area contributed by atoms with Crippen LogP contribution in [-0.2, 0) is 13.0 Å². The molecule has 0 radical (unpaired) electrons. The Bertz CT molecular complexity index is 913. The fraction of sp³-hybridized carbons (Fsp3) is 0.417. The maximum atomic E-state index is 12.4. The van der Waals surface area contributed by atoms with E-state index >= 15 is 0 Å². The van der Waals surface area contributed by atoms with Crippen molar-refractivity contribution < 1.29 is 14.3 Å². The first-order valence-corrected chi connectivity index (χ1v) is 10.9. The van der Waals surface area contributed by atoms with Crippen LogP contribution in [0.5, 0.6) is 11.5 Å². The normalized spacial score (nSPS) is 13.6. The molecule has 0 fully saturated rings. The Hall–Kier alpha value is -3.22. The molecule has 7 nitrogen and oxygen atoms in total. The lowest BCUT2D eigenvalue weighted by Gasteiger charge is -2.13. The van der Waals surface area contributed by atoms with E-state index in [1.165, 1.54) is 5.56 Å². The molecule has 3 rings (SSSR count). The first-order valence-electron chi connectivity index (χ1n) is 10.9. The SMILES string of the molecule is CCNC(=NCc1cccc(C(=O)NC(C)CC)c1)NCCc1ccc2c(c1)OCO2. The second-order valence-electron chi connectivity index (χ2n) is 7.54. The number of benzene rings is 2. The van der Waals surface area contributed by atoms with Gasteiger partial charge in [0, 0.05) is 24.7 Å². The van der Waals surface area contributed by atoms with E-state index in [1.54, 1.807) is 0 Å². The van der Waals surface area contributed by atoms with Crippen LogP contribution < -0.4 is 25.4 Å². The number of rotatable bonds is 9. The van der Waals surface area contributed by atoms with Gasteiger partial charge in [-0.3, -0.25) is 4.79 Å². The van der Waals surface area contributed by atoms with Crippen molar-refractivity contribution in [2.75, 3.05) is 19.9 Å². The van der Waals surface area contributed by atoms with Crippen molar-refractivity contribution in [3.8, 4) is 11.5 Å². The van der Waals surface area contributed by atoms with Crippen molar-refractivity contribution in [3.05, 3.63) is 59.2 Å². The van der Waals surface area contributed by atoms with Gasteiger partial charge in [0.05, 0.1) is 6.54 Å².